The van der Waals surface area contributed by atoms with E-state index in [1.54, 1.807) is 7.11 Å². The van der Waals surface area contributed by atoms with Crippen LogP contribution in [0, 0.1) is 0 Å². The number of nitrogens with one attached hydrogen (secondary N) is 1. The molecule has 0 aliphatic carbocycles. The Balaban J connectivity index is 1.70. The fourth-order valence-electron chi connectivity index (χ4n) is 2.29. The maximum atomic E-state index is 5.72. The van der Waals surface area contributed by atoms with Gasteiger partial charge in [0.1, 0.15) is 0 Å². The third kappa shape index (κ3) is 4.91. The molecule has 2 rings (SSSR count). The molecule has 19 heavy (non-hydrogen) atoms. The van der Waals surface area contributed by atoms with Gasteiger partial charge in [-0.1, -0.05) is 24.3 Å². The zero-order valence-electron chi connectivity index (χ0n) is 11.9. The topological polar surface area (TPSA) is 33.7 Å². The van der Waals surface area contributed by atoms with Crippen molar-refractivity contribution in [3.63, 3.8) is 0 Å². The molecule has 1 aliphatic rings. The third-order valence-corrected chi connectivity index (χ3v) is 3.38. The molecule has 1 heterocycles. The summed E-state index contributed by atoms with van der Waals surface area (Å²) in [5.41, 5.74) is 2.51. The van der Waals surface area contributed by atoms with Gasteiger partial charge in [0.2, 0.25) is 0 Å². The summed E-state index contributed by atoms with van der Waals surface area (Å²) in [6.45, 7) is 5.36. The number of methoxy groups -OCH3 is 1. The number of hydrogen-bond donors (Lipinski definition) is 1. The van der Waals surface area contributed by atoms with Gasteiger partial charge in [0.05, 0.1) is 19.3 Å². The summed E-state index contributed by atoms with van der Waals surface area (Å²) >= 11 is 0. The molecular formula is C15H24N2O2. The van der Waals surface area contributed by atoms with Crippen LogP contribution in [0.25, 0.3) is 0 Å². The summed E-state index contributed by atoms with van der Waals surface area (Å²) in [6.07, 6.45) is 0.312. The first-order chi connectivity index (χ1) is 9.28. The zero-order chi connectivity index (χ0) is 13.5. The van der Waals surface area contributed by atoms with Crippen molar-refractivity contribution in [3.8, 4) is 0 Å². The number of nitrogens with zero attached hydrogens (tertiary/aromatic N) is 1. The Bertz CT molecular complexity index is 367. The average Bonchev–Trinajstić information content (AvgIpc) is 2.41. The molecule has 1 saturated heterocycles. The van der Waals surface area contributed by atoms with E-state index in [2.05, 4.69) is 41.5 Å². The number of likely N-dealkylation sites (N-methyl/N-ethyl adjacent to an activating group) is 1. The van der Waals surface area contributed by atoms with Crippen molar-refractivity contribution in [1.82, 2.24) is 10.2 Å². The molecule has 1 unspecified atom stereocenters. The maximum absolute atomic E-state index is 5.72. The van der Waals surface area contributed by atoms with Gasteiger partial charge in [-0.15, -0.1) is 0 Å². The molecule has 0 saturated carbocycles. The van der Waals surface area contributed by atoms with Crippen molar-refractivity contribution < 1.29 is 9.47 Å². The highest BCUT2D eigenvalue weighted by atomic mass is 16.5. The van der Waals surface area contributed by atoms with E-state index in [9.17, 15) is 0 Å². The third-order valence-electron chi connectivity index (χ3n) is 3.38. The lowest BCUT2D eigenvalue weighted by Gasteiger charge is -2.30. The van der Waals surface area contributed by atoms with E-state index in [0.717, 1.165) is 32.8 Å². The van der Waals surface area contributed by atoms with Gasteiger partial charge in [0.15, 0.2) is 0 Å². The van der Waals surface area contributed by atoms with Crippen molar-refractivity contribution in [2.75, 3.05) is 40.4 Å². The van der Waals surface area contributed by atoms with Crippen LogP contribution in [0.15, 0.2) is 24.3 Å². The summed E-state index contributed by atoms with van der Waals surface area (Å²) < 4.78 is 10.8. The normalized spacial score (nSPS) is 20.6. The van der Waals surface area contributed by atoms with Crippen LogP contribution in [0.3, 0.4) is 0 Å². The number of rotatable bonds is 6. The number of morpholine rings is 1. The molecule has 0 bridgehead atoms. The molecule has 1 aromatic carbocycles. The fourth-order valence-corrected chi connectivity index (χ4v) is 2.29. The first kappa shape index (κ1) is 14.5. The molecular weight excluding hydrogens is 240 g/mol. The predicted molar refractivity (Wildman–Crippen MR) is 76.1 cm³/mol. The molecule has 4 nitrogen and oxygen atoms in total. The highest BCUT2D eigenvalue weighted by molar-refractivity contribution is 5.21. The Morgan fingerprint density at radius 3 is 2.74 bits per heavy atom. The molecule has 1 aliphatic heterocycles. The summed E-state index contributed by atoms with van der Waals surface area (Å²) in [7, 11) is 3.86. The lowest BCUT2D eigenvalue weighted by atomic mass is 10.1. The van der Waals surface area contributed by atoms with Crippen LogP contribution < -0.4 is 5.32 Å². The van der Waals surface area contributed by atoms with E-state index in [1.807, 2.05) is 0 Å². The Labute approximate surface area is 115 Å². The molecule has 4 heteroatoms. The van der Waals surface area contributed by atoms with E-state index >= 15 is 0 Å². The minimum absolute atomic E-state index is 0.312. The Hall–Kier alpha value is -0.940. The lowest BCUT2D eigenvalue weighted by molar-refractivity contribution is -0.0182. The van der Waals surface area contributed by atoms with Crippen molar-refractivity contribution in [1.29, 1.82) is 0 Å². The number of benzene rings is 1. The SMILES string of the molecule is COCc1ccc(CNCC2CN(C)CCO2)cc1. The Morgan fingerprint density at radius 1 is 1.32 bits per heavy atom. The molecule has 1 atom stereocenters. The minimum Gasteiger partial charge on any atom is -0.380 e. The van der Waals surface area contributed by atoms with Crippen molar-refractivity contribution in [2.45, 2.75) is 19.3 Å². The standard InChI is InChI=1S/C15H24N2O2/c1-17-7-8-19-15(11-17)10-16-9-13-3-5-14(6-4-13)12-18-2/h3-6,15-16H,7-12H2,1-2H3. The van der Waals surface area contributed by atoms with Gasteiger partial charge in [-0.05, 0) is 18.2 Å². The zero-order valence-corrected chi connectivity index (χ0v) is 11.9. The second-order valence-corrected chi connectivity index (χ2v) is 5.14. The second kappa shape index (κ2) is 7.60. The van der Waals surface area contributed by atoms with Crippen LogP contribution in [-0.2, 0) is 22.6 Å². The molecule has 0 aromatic heterocycles. The van der Waals surface area contributed by atoms with Crippen LogP contribution in [0.2, 0.25) is 0 Å². The van der Waals surface area contributed by atoms with Crippen LogP contribution in [0.5, 0.6) is 0 Å². The Kier molecular flexibility index (Phi) is 5.79. The summed E-state index contributed by atoms with van der Waals surface area (Å²) in [5.74, 6) is 0. The second-order valence-electron chi connectivity index (χ2n) is 5.14. The smallest absolute Gasteiger partial charge is 0.0826 e. The van der Waals surface area contributed by atoms with Crippen LogP contribution in [0.1, 0.15) is 11.1 Å². The molecule has 1 aromatic rings. The first-order valence-electron chi connectivity index (χ1n) is 6.85. The lowest BCUT2D eigenvalue weighted by Crippen LogP contribution is -2.44. The minimum atomic E-state index is 0.312. The van der Waals surface area contributed by atoms with E-state index in [0.29, 0.717) is 12.7 Å². The summed E-state index contributed by atoms with van der Waals surface area (Å²) in [5, 5.41) is 3.46. The summed E-state index contributed by atoms with van der Waals surface area (Å²) in [6, 6.07) is 8.53. The maximum Gasteiger partial charge on any atom is 0.0826 e. The van der Waals surface area contributed by atoms with Gasteiger partial charge < -0.3 is 19.7 Å². The van der Waals surface area contributed by atoms with Crippen molar-refractivity contribution in [2.24, 2.45) is 0 Å². The monoisotopic (exact) mass is 264 g/mol. The molecule has 106 valence electrons. The van der Waals surface area contributed by atoms with Gasteiger partial charge in [0, 0.05) is 33.3 Å². The highest BCUT2D eigenvalue weighted by Gasteiger charge is 2.16. The van der Waals surface area contributed by atoms with Crippen molar-refractivity contribution in [3.05, 3.63) is 35.4 Å². The molecule has 0 radical (unpaired) electrons. The van der Waals surface area contributed by atoms with Gasteiger partial charge in [0.25, 0.3) is 0 Å². The highest BCUT2D eigenvalue weighted by Crippen LogP contribution is 2.06. The predicted octanol–water partition coefficient (Wildman–Crippen LogP) is 1.25. The van der Waals surface area contributed by atoms with Crippen molar-refractivity contribution >= 4 is 0 Å². The number of ether oxygens (including phenoxy) is 2. The fraction of sp³-hybridized carbons (Fsp3) is 0.600. The first-order valence-corrected chi connectivity index (χ1v) is 6.85. The van der Waals surface area contributed by atoms with Crippen LogP contribution in [0.4, 0.5) is 0 Å². The summed E-state index contributed by atoms with van der Waals surface area (Å²) in [4.78, 5) is 2.31. The van der Waals surface area contributed by atoms with Crippen LogP contribution in [-0.4, -0.2) is 51.4 Å². The van der Waals surface area contributed by atoms with Gasteiger partial charge in [-0.2, -0.15) is 0 Å². The molecule has 1 fully saturated rings. The molecule has 0 amide bonds. The van der Waals surface area contributed by atoms with Gasteiger partial charge in [-0.3, -0.25) is 0 Å². The largest absolute Gasteiger partial charge is 0.380 e. The van der Waals surface area contributed by atoms with E-state index in [4.69, 9.17) is 9.47 Å². The van der Waals surface area contributed by atoms with Gasteiger partial charge >= 0.3 is 0 Å². The number of hydrogen-bond acceptors (Lipinski definition) is 4. The van der Waals surface area contributed by atoms with E-state index < -0.39 is 0 Å². The molecule has 1 N–H and O–H groups in total. The van der Waals surface area contributed by atoms with Crippen LogP contribution >= 0.6 is 0 Å². The Morgan fingerprint density at radius 2 is 2.05 bits per heavy atom. The molecule has 0 spiro atoms. The van der Waals surface area contributed by atoms with Gasteiger partial charge in [-0.25, -0.2) is 0 Å². The van der Waals surface area contributed by atoms with E-state index in [-0.39, 0.29) is 0 Å². The quantitative estimate of drug-likeness (QED) is 0.838. The average molecular weight is 264 g/mol. The van der Waals surface area contributed by atoms with E-state index in [1.165, 1.54) is 11.1 Å².